The Labute approximate surface area is 181 Å². The number of methoxy groups -OCH3 is 1. The summed E-state index contributed by atoms with van der Waals surface area (Å²) in [7, 11) is 1.63. The number of para-hydroxylation sites is 1. The van der Waals surface area contributed by atoms with E-state index in [1.54, 1.807) is 11.8 Å². The number of hydrogen-bond donors (Lipinski definition) is 1. The van der Waals surface area contributed by atoms with Gasteiger partial charge >= 0.3 is 0 Å². The van der Waals surface area contributed by atoms with Crippen molar-refractivity contribution in [3.05, 3.63) is 99.8 Å². The second-order valence-electron chi connectivity index (χ2n) is 7.61. The van der Waals surface area contributed by atoms with Crippen molar-refractivity contribution in [2.75, 3.05) is 7.11 Å². The number of aromatic nitrogens is 2. The predicted octanol–water partition coefficient (Wildman–Crippen LogP) is 5.60. The molecule has 0 saturated heterocycles. The van der Waals surface area contributed by atoms with Crippen molar-refractivity contribution < 1.29 is 4.74 Å². The van der Waals surface area contributed by atoms with Gasteiger partial charge in [-0.15, -0.1) is 0 Å². The smallest absolute Gasteiger partial charge is 0.280 e. The van der Waals surface area contributed by atoms with E-state index >= 15 is 0 Å². The molecule has 0 aliphatic heterocycles. The van der Waals surface area contributed by atoms with Crippen LogP contribution < -0.4 is 10.3 Å². The molecular formula is C26H25N3O2. The van der Waals surface area contributed by atoms with Crippen LogP contribution >= 0.6 is 0 Å². The number of nitrogens with zero attached hydrogens (tertiary/aromatic N) is 2. The van der Waals surface area contributed by atoms with Crippen molar-refractivity contribution in [1.29, 1.82) is 0 Å². The van der Waals surface area contributed by atoms with Crippen LogP contribution in [0.4, 0.5) is 5.69 Å². The molecule has 3 aromatic carbocycles. The van der Waals surface area contributed by atoms with Gasteiger partial charge in [0.2, 0.25) is 0 Å². The molecule has 0 bridgehead atoms. The lowest BCUT2D eigenvalue weighted by atomic mass is 10.0. The summed E-state index contributed by atoms with van der Waals surface area (Å²) in [6, 6.07) is 23.3. The van der Waals surface area contributed by atoms with Crippen LogP contribution in [0.1, 0.15) is 23.6 Å². The van der Waals surface area contributed by atoms with Gasteiger partial charge in [-0.2, -0.15) is 0 Å². The lowest BCUT2D eigenvalue weighted by Gasteiger charge is -2.06. The van der Waals surface area contributed by atoms with E-state index in [1.165, 1.54) is 0 Å². The minimum atomic E-state index is -0.136. The highest BCUT2D eigenvalue weighted by molar-refractivity contribution is 6.04. The van der Waals surface area contributed by atoms with Gasteiger partial charge in [-0.05, 0) is 80.4 Å². The monoisotopic (exact) mass is 411 g/mol. The zero-order valence-electron chi connectivity index (χ0n) is 18.1. The van der Waals surface area contributed by atoms with Gasteiger partial charge in [0, 0.05) is 5.56 Å². The molecule has 0 aliphatic carbocycles. The van der Waals surface area contributed by atoms with Crippen LogP contribution in [0, 0.1) is 13.8 Å². The maximum absolute atomic E-state index is 13.5. The first-order valence-corrected chi connectivity index (χ1v) is 10.1. The molecule has 0 radical (unpaired) electrons. The first-order valence-electron chi connectivity index (χ1n) is 10.1. The Balaban J connectivity index is 1.91. The minimum absolute atomic E-state index is 0.136. The van der Waals surface area contributed by atoms with Crippen molar-refractivity contribution >= 4 is 11.4 Å². The first kappa shape index (κ1) is 20.4. The highest BCUT2D eigenvalue weighted by Crippen LogP contribution is 2.26. The van der Waals surface area contributed by atoms with Crippen LogP contribution in [-0.2, 0) is 0 Å². The van der Waals surface area contributed by atoms with E-state index in [9.17, 15) is 4.79 Å². The number of aryl methyl sites for hydroxylation is 2. The lowest BCUT2D eigenvalue weighted by Crippen LogP contribution is -2.19. The number of benzene rings is 3. The Morgan fingerprint density at radius 2 is 1.58 bits per heavy atom. The molecule has 0 atom stereocenters. The Morgan fingerprint density at radius 3 is 2.19 bits per heavy atom. The number of ether oxygens (including phenoxy) is 1. The summed E-state index contributed by atoms with van der Waals surface area (Å²) in [6.07, 6.45) is 0. The Hall–Kier alpha value is -3.86. The van der Waals surface area contributed by atoms with Gasteiger partial charge in [0.05, 0.1) is 35.5 Å². The molecule has 0 amide bonds. The van der Waals surface area contributed by atoms with E-state index in [0.717, 1.165) is 39.5 Å². The van der Waals surface area contributed by atoms with E-state index < -0.39 is 0 Å². The highest BCUT2D eigenvalue weighted by atomic mass is 16.5. The predicted molar refractivity (Wildman–Crippen MR) is 126 cm³/mol. The summed E-state index contributed by atoms with van der Waals surface area (Å²) in [4.78, 5) is 18.3. The normalized spacial score (nSPS) is 11.5. The summed E-state index contributed by atoms with van der Waals surface area (Å²) < 4.78 is 6.85. The second-order valence-corrected chi connectivity index (χ2v) is 7.61. The molecule has 4 rings (SSSR count). The van der Waals surface area contributed by atoms with E-state index in [1.807, 2.05) is 87.5 Å². The number of aliphatic imine (C=N–C) groups is 1. The van der Waals surface area contributed by atoms with E-state index in [4.69, 9.17) is 9.73 Å². The zero-order chi connectivity index (χ0) is 22.0. The maximum atomic E-state index is 13.5. The zero-order valence-corrected chi connectivity index (χ0v) is 18.1. The third kappa shape index (κ3) is 4.21. The van der Waals surface area contributed by atoms with Crippen molar-refractivity contribution in [3.63, 3.8) is 0 Å². The number of aromatic amines is 1. The SMILES string of the molecule is COc1ccc(-c2[nH]n(-c3ccccc3)c(=O)c2C(C)=Nc2cc(C)cc(C)c2)cc1. The standard InChI is InChI=1S/C26H25N3O2/c1-17-14-18(2)16-21(15-17)27-19(3)24-25(20-10-12-23(31-4)13-11-20)28-29(26(24)30)22-8-6-5-7-9-22/h5-16,28H,1-4H3. The quantitative estimate of drug-likeness (QED) is 0.435. The second kappa shape index (κ2) is 8.48. The van der Waals surface area contributed by atoms with Crippen molar-refractivity contribution in [1.82, 2.24) is 9.78 Å². The van der Waals surface area contributed by atoms with Crippen molar-refractivity contribution in [3.8, 4) is 22.7 Å². The largest absolute Gasteiger partial charge is 0.497 e. The molecule has 31 heavy (non-hydrogen) atoms. The van der Waals surface area contributed by atoms with E-state index in [0.29, 0.717) is 11.3 Å². The van der Waals surface area contributed by atoms with Gasteiger partial charge in [0.25, 0.3) is 5.56 Å². The van der Waals surface area contributed by atoms with Gasteiger partial charge in [-0.1, -0.05) is 24.3 Å². The molecule has 156 valence electrons. The van der Waals surface area contributed by atoms with Gasteiger partial charge in [-0.25, -0.2) is 4.68 Å². The Morgan fingerprint density at radius 1 is 0.935 bits per heavy atom. The molecule has 1 N–H and O–H groups in total. The summed E-state index contributed by atoms with van der Waals surface area (Å²) in [5.74, 6) is 0.760. The fraction of sp³-hybridized carbons (Fsp3) is 0.154. The van der Waals surface area contributed by atoms with Crippen LogP contribution in [0.25, 0.3) is 16.9 Å². The molecule has 5 nitrogen and oxygen atoms in total. The fourth-order valence-corrected chi connectivity index (χ4v) is 3.76. The molecule has 0 spiro atoms. The number of H-pyrrole nitrogens is 1. The first-order chi connectivity index (χ1) is 15.0. The average Bonchev–Trinajstić information content (AvgIpc) is 3.11. The third-order valence-electron chi connectivity index (χ3n) is 5.15. The van der Waals surface area contributed by atoms with Crippen molar-refractivity contribution in [2.24, 2.45) is 4.99 Å². The van der Waals surface area contributed by atoms with Gasteiger partial charge in [0.1, 0.15) is 5.75 Å². The molecule has 4 aromatic rings. The number of nitrogens with one attached hydrogen (secondary N) is 1. The Kier molecular flexibility index (Phi) is 5.58. The van der Waals surface area contributed by atoms with Crippen LogP contribution in [0.5, 0.6) is 5.75 Å². The van der Waals surface area contributed by atoms with Gasteiger partial charge in [0.15, 0.2) is 0 Å². The summed E-state index contributed by atoms with van der Waals surface area (Å²) in [5.41, 5.74) is 6.56. The molecule has 0 fully saturated rings. The fourth-order valence-electron chi connectivity index (χ4n) is 3.76. The minimum Gasteiger partial charge on any atom is -0.497 e. The number of rotatable bonds is 5. The number of hydrogen-bond acceptors (Lipinski definition) is 3. The average molecular weight is 412 g/mol. The molecule has 1 heterocycles. The topological polar surface area (TPSA) is 59.4 Å². The molecule has 5 heteroatoms. The maximum Gasteiger partial charge on any atom is 0.280 e. The molecule has 0 unspecified atom stereocenters. The molecule has 1 aromatic heterocycles. The van der Waals surface area contributed by atoms with E-state index in [-0.39, 0.29) is 5.56 Å². The van der Waals surface area contributed by atoms with Crippen LogP contribution in [0.2, 0.25) is 0 Å². The summed E-state index contributed by atoms with van der Waals surface area (Å²) in [6.45, 7) is 5.97. The van der Waals surface area contributed by atoms with Crippen LogP contribution in [0.15, 0.2) is 82.6 Å². The highest BCUT2D eigenvalue weighted by Gasteiger charge is 2.19. The third-order valence-corrected chi connectivity index (χ3v) is 5.15. The molecular weight excluding hydrogens is 386 g/mol. The van der Waals surface area contributed by atoms with Crippen LogP contribution in [-0.4, -0.2) is 22.6 Å². The van der Waals surface area contributed by atoms with Crippen LogP contribution in [0.3, 0.4) is 0 Å². The summed E-state index contributed by atoms with van der Waals surface area (Å²) in [5, 5.41) is 3.29. The Bertz CT molecular complexity index is 1280. The van der Waals surface area contributed by atoms with E-state index in [2.05, 4.69) is 11.2 Å². The summed E-state index contributed by atoms with van der Waals surface area (Å²) >= 11 is 0. The molecule has 0 saturated carbocycles. The van der Waals surface area contributed by atoms with Gasteiger partial charge < -0.3 is 4.74 Å². The van der Waals surface area contributed by atoms with Gasteiger partial charge in [-0.3, -0.25) is 14.9 Å². The van der Waals surface area contributed by atoms with Crippen molar-refractivity contribution in [2.45, 2.75) is 20.8 Å². The molecule has 0 aliphatic rings. The lowest BCUT2D eigenvalue weighted by molar-refractivity contribution is 0.415.